The van der Waals surface area contributed by atoms with E-state index in [0.29, 0.717) is 11.1 Å². The number of esters is 1. The van der Waals surface area contributed by atoms with Gasteiger partial charge in [-0.1, -0.05) is 12.1 Å². The lowest BCUT2D eigenvalue weighted by molar-refractivity contribution is -0.394. The third-order valence-corrected chi connectivity index (χ3v) is 3.56. The zero-order valence-electron chi connectivity index (χ0n) is 14.5. The molecule has 0 aliphatic carbocycles. The van der Waals surface area contributed by atoms with Crippen LogP contribution in [0.15, 0.2) is 47.6 Å². The molecule has 11 nitrogen and oxygen atoms in total. The van der Waals surface area contributed by atoms with Gasteiger partial charge < -0.3 is 4.74 Å². The molecule has 0 heterocycles. The summed E-state index contributed by atoms with van der Waals surface area (Å²) in [5, 5.41) is 25.5. The molecule has 2 aromatic carbocycles. The standard InChI is InChI=1S/C17H14N4O7/c1-28-17(23)12-4-2-11(3-5-12)10-18-19-16(22)8-13-6-7-14(20(24)25)9-15(13)21(26)27/h2-7,9-10H,8H2,1H3,(H,19,22)/b18-10-. The zero-order valence-corrected chi connectivity index (χ0v) is 14.5. The summed E-state index contributed by atoms with van der Waals surface area (Å²) in [5.41, 5.74) is 2.22. The molecule has 1 amide bonds. The molecule has 11 heteroatoms. The maximum absolute atomic E-state index is 11.9. The number of nitro benzene ring substituents is 2. The minimum absolute atomic E-state index is 0.0192. The Bertz CT molecular complexity index is 954. The number of hydrogen-bond donors (Lipinski definition) is 1. The topological polar surface area (TPSA) is 154 Å². The third-order valence-electron chi connectivity index (χ3n) is 3.56. The molecule has 0 unspecified atom stereocenters. The van der Waals surface area contributed by atoms with Crippen molar-refractivity contribution in [3.05, 3.63) is 79.4 Å². The van der Waals surface area contributed by atoms with E-state index in [2.05, 4.69) is 15.3 Å². The van der Waals surface area contributed by atoms with Crippen molar-refractivity contribution in [1.82, 2.24) is 5.43 Å². The number of nitrogens with zero attached hydrogens (tertiary/aromatic N) is 3. The first-order chi connectivity index (χ1) is 13.3. The van der Waals surface area contributed by atoms with E-state index in [1.54, 1.807) is 12.1 Å². The molecule has 2 rings (SSSR count). The van der Waals surface area contributed by atoms with Crippen LogP contribution in [0, 0.1) is 20.2 Å². The largest absolute Gasteiger partial charge is 0.465 e. The van der Waals surface area contributed by atoms with Gasteiger partial charge in [-0.3, -0.25) is 25.0 Å². The molecular formula is C17H14N4O7. The maximum atomic E-state index is 11.9. The van der Waals surface area contributed by atoms with Crippen LogP contribution < -0.4 is 5.43 Å². The second-order valence-electron chi connectivity index (χ2n) is 5.41. The fourth-order valence-corrected chi connectivity index (χ4v) is 2.20. The van der Waals surface area contributed by atoms with Crippen molar-refractivity contribution >= 4 is 29.5 Å². The van der Waals surface area contributed by atoms with Crippen LogP contribution in [0.4, 0.5) is 11.4 Å². The van der Waals surface area contributed by atoms with Crippen LogP contribution in [0.25, 0.3) is 0 Å². The number of methoxy groups -OCH3 is 1. The van der Waals surface area contributed by atoms with Crippen LogP contribution >= 0.6 is 0 Å². The van der Waals surface area contributed by atoms with Gasteiger partial charge in [-0.2, -0.15) is 5.10 Å². The van der Waals surface area contributed by atoms with E-state index in [4.69, 9.17) is 0 Å². The molecule has 28 heavy (non-hydrogen) atoms. The fourth-order valence-electron chi connectivity index (χ4n) is 2.20. The Labute approximate surface area is 157 Å². The Balaban J connectivity index is 2.02. The van der Waals surface area contributed by atoms with E-state index in [-0.39, 0.29) is 12.0 Å². The monoisotopic (exact) mass is 386 g/mol. The predicted molar refractivity (Wildman–Crippen MR) is 97.0 cm³/mol. The van der Waals surface area contributed by atoms with Gasteiger partial charge >= 0.3 is 5.97 Å². The van der Waals surface area contributed by atoms with Crippen molar-refractivity contribution < 1.29 is 24.2 Å². The Morgan fingerprint density at radius 2 is 1.79 bits per heavy atom. The van der Waals surface area contributed by atoms with Gasteiger partial charge in [0.25, 0.3) is 11.4 Å². The summed E-state index contributed by atoms with van der Waals surface area (Å²) in [5.74, 6) is -1.12. The highest BCUT2D eigenvalue weighted by molar-refractivity contribution is 5.91. The normalized spacial score (nSPS) is 10.5. The summed E-state index contributed by atoms with van der Waals surface area (Å²) in [4.78, 5) is 43.5. The smallest absolute Gasteiger partial charge is 0.337 e. The molecule has 0 saturated heterocycles. The van der Waals surface area contributed by atoms with Crippen molar-refractivity contribution in [2.75, 3.05) is 7.11 Å². The highest BCUT2D eigenvalue weighted by Crippen LogP contribution is 2.24. The number of nitrogens with one attached hydrogen (secondary N) is 1. The Morgan fingerprint density at radius 3 is 2.36 bits per heavy atom. The van der Waals surface area contributed by atoms with E-state index in [1.807, 2.05) is 0 Å². The van der Waals surface area contributed by atoms with Crippen molar-refractivity contribution in [2.45, 2.75) is 6.42 Å². The number of non-ortho nitro benzene ring substituents is 1. The fraction of sp³-hybridized carbons (Fsp3) is 0.118. The van der Waals surface area contributed by atoms with E-state index in [0.717, 1.165) is 18.2 Å². The Hall–Kier alpha value is -4.15. The van der Waals surface area contributed by atoms with Crippen molar-refractivity contribution in [3.8, 4) is 0 Å². The van der Waals surface area contributed by atoms with Gasteiger partial charge in [0.1, 0.15) is 0 Å². The van der Waals surface area contributed by atoms with Crippen molar-refractivity contribution in [1.29, 1.82) is 0 Å². The molecule has 0 aromatic heterocycles. The maximum Gasteiger partial charge on any atom is 0.337 e. The lowest BCUT2D eigenvalue weighted by Crippen LogP contribution is -2.20. The molecule has 144 valence electrons. The number of carbonyl (C=O) groups excluding carboxylic acids is 2. The lowest BCUT2D eigenvalue weighted by atomic mass is 10.1. The number of benzene rings is 2. The molecule has 0 spiro atoms. The van der Waals surface area contributed by atoms with E-state index >= 15 is 0 Å². The summed E-state index contributed by atoms with van der Waals surface area (Å²) in [6.07, 6.45) is 0.941. The number of hydrazone groups is 1. The van der Waals surface area contributed by atoms with Crippen molar-refractivity contribution in [2.24, 2.45) is 5.10 Å². The van der Waals surface area contributed by atoms with Gasteiger partial charge in [-0.25, -0.2) is 10.2 Å². The first-order valence-corrected chi connectivity index (χ1v) is 7.74. The molecule has 0 radical (unpaired) electrons. The summed E-state index contributed by atoms with van der Waals surface area (Å²) in [7, 11) is 1.27. The van der Waals surface area contributed by atoms with Gasteiger partial charge in [0.05, 0.1) is 41.2 Å². The lowest BCUT2D eigenvalue weighted by Gasteiger charge is -2.03. The predicted octanol–water partition coefficient (Wildman–Crippen LogP) is 1.98. The van der Waals surface area contributed by atoms with Crippen LogP contribution in [0.3, 0.4) is 0 Å². The van der Waals surface area contributed by atoms with Crippen LogP contribution in [-0.2, 0) is 16.0 Å². The zero-order chi connectivity index (χ0) is 20.7. The van der Waals surface area contributed by atoms with Crippen molar-refractivity contribution in [3.63, 3.8) is 0 Å². The molecule has 1 N–H and O–H groups in total. The van der Waals surface area contributed by atoms with E-state index in [1.165, 1.54) is 25.5 Å². The number of ether oxygens (including phenoxy) is 1. The molecule has 0 fully saturated rings. The Morgan fingerprint density at radius 1 is 1.11 bits per heavy atom. The minimum Gasteiger partial charge on any atom is -0.465 e. The van der Waals surface area contributed by atoms with E-state index in [9.17, 15) is 29.8 Å². The number of hydrogen-bond acceptors (Lipinski definition) is 8. The average molecular weight is 386 g/mol. The van der Waals surface area contributed by atoms with Gasteiger partial charge in [-0.15, -0.1) is 0 Å². The highest BCUT2D eigenvalue weighted by atomic mass is 16.6. The molecule has 0 saturated carbocycles. The van der Waals surface area contributed by atoms with Gasteiger partial charge in [0.2, 0.25) is 5.91 Å². The second kappa shape index (κ2) is 8.98. The molecule has 2 aromatic rings. The van der Waals surface area contributed by atoms with Gasteiger partial charge in [0, 0.05) is 11.6 Å². The van der Waals surface area contributed by atoms with Crippen LogP contribution in [0.1, 0.15) is 21.5 Å². The molecular weight excluding hydrogens is 372 g/mol. The highest BCUT2D eigenvalue weighted by Gasteiger charge is 2.20. The van der Waals surface area contributed by atoms with Crippen LogP contribution in [0.5, 0.6) is 0 Å². The summed E-state index contributed by atoms with van der Waals surface area (Å²) >= 11 is 0. The first-order valence-electron chi connectivity index (χ1n) is 7.74. The van der Waals surface area contributed by atoms with Gasteiger partial charge in [0.15, 0.2) is 0 Å². The SMILES string of the molecule is COC(=O)c1ccc(/C=N\NC(=O)Cc2ccc([N+](=O)[O-])cc2[N+](=O)[O-])cc1. The molecule has 0 aliphatic heterocycles. The summed E-state index contributed by atoms with van der Waals surface area (Å²) in [6, 6.07) is 9.26. The average Bonchev–Trinajstić information content (AvgIpc) is 2.67. The first kappa shape index (κ1) is 20.2. The number of nitro groups is 2. The van der Waals surface area contributed by atoms with E-state index < -0.39 is 33.1 Å². The minimum atomic E-state index is -0.790. The van der Waals surface area contributed by atoms with Crippen LogP contribution in [0.2, 0.25) is 0 Å². The number of rotatable bonds is 7. The summed E-state index contributed by atoms with van der Waals surface area (Å²) < 4.78 is 4.58. The molecule has 0 bridgehead atoms. The third kappa shape index (κ3) is 5.17. The second-order valence-corrected chi connectivity index (χ2v) is 5.41. The summed E-state index contributed by atoms with van der Waals surface area (Å²) in [6.45, 7) is 0. The number of carbonyl (C=O) groups is 2. The van der Waals surface area contributed by atoms with Gasteiger partial charge in [-0.05, 0) is 23.8 Å². The molecule has 0 aliphatic rings. The number of amides is 1. The Kier molecular flexibility index (Phi) is 6.47. The molecule has 0 atom stereocenters. The van der Waals surface area contributed by atoms with Crippen LogP contribution in [-0.4, -0.2) is 35.0 Å². The quantitative estimate of drug-likeness (QED) is 0.330.